The lowest BCUT2D eigenvalue weighted by Gasteiger charge is -2.06. The minimum absolute atomic E-state index is 0. The molecule has 0 rings (SSSR count). The molecule has 0 bridgehead atoms. The first-order valence-electron chi connectivity index (χ1n) is 11.5. The smallest absolute Gasteiger partial charge is 0.305 e. The van der Waals surface area contributed by atoms with Gasteiger partial charge in [-0.25, -0.2) is 0 Å². The fourth-order valence-corrected chi connectivity index (χ4v) is 2.86. The van der Waals surface area contributed by atoms with Gasteiger partial charge in [-0.15, -0.1) is 0 Å². The summed E-state index contributed by atoms with van der Waals surface area (Å²) < 4.78 is 20.4. The topological polar surface area (TPSA) is 71.1 Å². The number of rotatable bonds is 23. The quantitative estimate of drug-likeness (QED) is 0.102. The molecule has 6 heteroatoms. The summed E-state index contributed by atoms with van der Waals surface area (Å²) in [6.07, 6.45) is 15.8. The molecule has 0 spiro atoms. The Morgan fingerprint density at radius 3 is 1.19 bits per heavy atom. The van der Waals surface area contributed by atoms with E-state index in [1.807, 2.05) is 0 Å². The van der Waals surface area contributed by atoms with Crippen molar-refractivity contribution in [2.24, 2.45) is 0 Å². The van der Waals surface area contributed by atoms with Gasteiger partial charge in [-0.3, -0.25) is 9.59 Å². The highest BCUT2D eigenvalue weighted by atomic mass is 16.5. The van der Waals surface area contributed by atoms with E-state index in [1.54, 1.807) is 0 Å². The fraction of sp³-hybridized carbons (Fsp3) is 0.760. The van der Waals surface area contributed by atoms with Crippen molar-refractivity contribution in [1.82, 2.24) is 0 Å². The molecule has 0 heterocycles. The van der Waals surface area contributed by atoms with Crippen molar-refractivity contribution in [3.8, 4) is 0 Å². The molecule has 0 N–H and O–H groups in total. The molecule has 0 aromatic carbocycles. The van der Waals surface area contributed by atoms with E-state index in [4.69, 9.17) is 18.9 Å². The number of unbranched alkanes of at least 4 members (excludes halogenated alkanes) is 9. The van der Waals surface area contributed by atoms with Gasteiger partial charge in [0.2, 0.25) is 0 Å². The van der Waals surface area contributed by atoms with Gasteiger partial charge >= 0.3 is 11.9 Å². The van der Waals surface area contributed by atoms with Crippen LogP contribution in [0.1, 0.15) is 97.3 Å². The number of ether oxygens (including phenoxy) is 4. The molecule has 0 aliphatic carbocycles. The molecule has 182 valence electrons. The third kappa shape index (κ3) is 26.0. The summed E-state index contributed by atoms with van der Waals surface area (Å²) >= 11 is 0. The van der Waals surface area contributed by atoms with E-state index in [1.165, 1.54) is 25.4 Å². The monoisotopic (exact) mass is 442 g/mol. The lowest BCUT2D eigenvalue weighted by atomic mass is 10.1. The van der Waals surface area contributed by atoms with E-state index >= 15 is 0 Å². The fourth-order valence-electron chi connectivity index (χ4n) is 2.86. The Morgan fingerprint density at radius 2 is 0.839 bits per heavy atom. The molecule has 0 radical (unpaired) electrons. The second-order valence-electron chi connectivity index (χ2n) is 7.26. The van der Waals surface area contributed by atoms with Crippen LogP contribution in [0.2, 0.25) is 0 Å². The van der Waals surface area contributed by atoms with Gasteiger partial charge in [0.05, 0.1) is 39.0 Å². The van der Waals surface area contributed by atoms with E-state index in [2.05, 4.69) is 13.2 Å². The number of carbonyl (C=O) groups excluding carboxylic acids is 2. The molecule has 0 aliphatic rings. The predicted octanol–water partition coefficient (Wildman–Crippen LogP) is 6.49. The van der Waals surface area contributed by atoms with Crippen LogP contribution in [-0.4, -0.2) is 38.4 Å². The van der Waals surface area contributed by atoms with E-state index in [9.17, 15) is 9.59 Å². The van der Waals surface area contributed by atoms with Crippen molar-refractivity contribution in [2.75, 3.05) is 26.4 Å². The van der Waals surface area contributed by atoms with Crippen LogP contribution in [0.15, 0.2) is 25.7 Å². The molecule has 6 nitrogen and oxygen atoms in total. The maximum absolute atomic E-state index is 11.6. The molecule has 0 atom stereocenters. The van der Waals surface area contributed by atoms with E-state index in [-0.39, 0.29) is 19.4 Å². The summed E-state index contributed by atoms with van der Waals surface area (Å²) in [6.45, 7) is 9.14. The largest absolute Gasteiger partial charge is 0.502 e. The molecule has 0 amide bonds. The minimum Gasteiger partial charge on any atom is -0.502 e. The van der Waals surface area contributed by atoms with Gasteiger partial charge in [0.25, 0.3) is 0 Å². The molecule has 0 saturated carbocycles. The van der Waals surface area contributed by atoms with E-state index < -0.39 is 0 Å². The number of esters is 2. The lowest BCUT2D eigenvalue weighted by molar-refractivity contribution is -0.144. The van der Waals surface area contributed by atoms with Crippen LogP contribution in [-0.2, 0) is 28.5 Å². The maximum Gasteiger partial charge on any atom is 0.305 e. The summed E-state index contributed by atoms with van der Waals surface area (Å²) in [6, 6.07) is 0. The average Bonchev–Trinajstić information content (AvgIpc) is 2.74. The Bertz CT molecular complexity index is 396. The SMILES string of the molecule is C.C=COCCCCOC(=O)CCCCCCCCCCC(=O)OCCCCOC=C. The predicted molar refractivity (Wildman–Crippen MR) is 126 cm³/mol. The molecular formula is C25H46O6. The zero-order valence-corrected chi connectivity index (χ0v) is 18.7. The highest BCUT2D eigenvalue weighted by Gasteiger charge is 2.04. The van der Waals surface area contributed by atoms with Gasteiger partial charge in [0.15, 0.2) is 0 Å². The summed E-state index contributed by atoms with van der Waals surface area (Å²) in [5, 5.41) is 0. The highest BCUT2D eigenvalue weighted by Crippen LogP contribution is 2.11. The highest BCUT2D eigenvalue weighted by molar-refractivity contribution is 5.69. The Kier molecular flexibility index (Phi) is 26.2. The van der Waals surface area contributed by atoms with Crippen LogP contribution in [0.25, 0.3) is 0 Å². The maximum atomic E-state index is 11.6. The van der Waals surface area contributed by atoms with Crippen LogP contribution in [0, 0.1) is 0 Å². The van der Waals surface area contributed by atoms with Gasteiger partial charge in [-0.1, -0.05) is 59.1 Å². The molecular weight excluding hydrogens is 396 g/mol. The van der Waals surface area contributed by atoms with Crippen LogP contribution in [0.5, 0.6) is 0 Å². The van der Waals surface area contributed by atoms with Crippen molar-refractivity contribution in [3.05, 3.63) is 25.7 Å². The second-order valence-corrected chi connectivity index (χ2v) is 7.26. The zero-order valence-electron chi connectivity index (χ0n) is 18.7. The second kappa shape index (κ2) is 26.1. The molecule has 0 unspecified atom stereocenters. The van der Waals surface area contributed by atoms with Gasteiger partial charge in [-0.05, 0) is 38.5 Å². The van der Waals surface area contributed by atoms with E-state index in [0.717, 1.165) is 64.2 Å². The van der Waals surface area contributed by atoms with Gasteiger partial charge in [0, 0.05) is 12.8 Å². The van der Waals surface area contributed by atoms with Crippen molar-refractivity contribution < 1.29 is 28.5 Å². The van der Waals surface area contributed by atoms with E-state index in [0.29, 0.717) is 39.3 Å². The molecule has 31 heavy (non-hydrogen) atoms. The zero-order chi connectivity index (χ0) is 22.1. The van der Waals surface area contributed by atoms with Crippen LogP contribution >= 0.6 is 0 Å². The van der Waals surface area contributed by atoms with Gasteiger partial charge in [-0.2, -0.15) is 0 Å². The molecule has 0 aromatic rings. The van der Waals surface area contributed by atoms with Crippen molar-refractivity contribution >= 4 is 11.9 Å². The third-order valence-electron chi connectivity index (χ3n) is 4.59. The minimum atomic E-state index is -0.100. The number of hydrogen-bond acceptors (Lipinski definition) is 6. The summed E-state index contributed by atoms with van der Waals surface area (Å²) in [5.41, 5.74) is 0. The van der Waals surface area contributed by atoms with Crippen LogP contribution in [0.3, 0.4) is 0 Å². The van der Waals surface area contributed by atoms with Crippen molar-refractivity contribution in [1.29, 1.82) is 0 Å². The molecule has 0 saturated heterocycles. The Morgan fingerprint density at radius 1 is 0.516 bits per heavy atom. The molecule has 0 aromatic heterocycles. The van der Waals surface area contributed by atoms with Crippen LogP contribution < -0.4 is 0 Å². The first-order chi connectivity index (χ1) is 14.7. The summed E-state index contributed by atoms with van der Waals surface area (Å²) in [4.78, 5) is 23.2. The third-order valence-corrected chi connectivity index (χ3v) is 4.59. The average molecular weight is 443 g/mol. The number of hydrogen-bond donors (Lipinski definition) is 0. The first-order valence-corrected chi connectivity index (χ1v) is 11.5. The molecule has 0 fully saturated rings. The number of carbonyl (C=O) groups is 2. The van der Waals surface area contributed by atoms with Crippen molar-refractivity contribution in [2.45, 2.75) is 97.3 Å². The first kappa shape index (κ1) is 31.2. The Balaban J connectivity index is 0. The van der Waals surface area contributed by atoms with Gasteiger partial charge in [0.1, 0.15) is 0 Å². The van der Waals surface area contributed by atoms with Crippen molar-refractivity contribution in [3.63, 3.8) is 0 Å². The standard InChI is InChI=1S/C24H42O6.CH4/c1-3-27-19-13-15-21-29-23(25)17-11-9-7-5-6-8-10-12-18-24(26)30-22-16-14-20-28-4-2;/h3-4H,1-2,5-22H2;1H4. The normalized spacial score (nSPS) is 9.94. The molecule has 0 aliphatic heterocycles. The summed E-state index contributed by atoms with van der Waals surface area (Å²) in [7, 11) is 0. The Hall–Kier alpha value is -1.98. The van der Waals surface area contributed by atoms with Crippen LogP contribution in [0.4, 0.5) is 0 Å². The van der Waals surface area contributed by atoms with Gasteiger partial charge < -0.3 is 18.9 Å². The lowest BCUT2D eigenvalue weighted by Crippen LogP contribution is -2.06. The Labute approximate surface area is 190 Å². The summed E-state index contributed by atoms with van der Waals surface area (Å²) in [5.74, 6) is -0.201.